The molecule has 0 radical (unpaired) electrons. The largest absolute Gasteiger partial charge is 0.469 e. The van der Waals surface area contributed by atoms with E-state index in [4.69, 9.17) is 5.11 Å². The molecule has 1 atom stereocenters. The van der Waals surface area contributed by atoms with E-state index >= 15 is 0 Å². The molecule has 1 aromatic rings. The number of amides is 1. The van der Waals surface area contributed by atoms with Crippen LogP contribution in [-0.2, 0) is 14.3 Å². The fourth-order valence-electron chi connectivity index (χ4n) is 2.00. The first kappa shape index (κ1) is 19.3. The van der Waals surface area contributed by atoms with Crippen LogP contribution < -0.4 is 0 Å². The summed E-state index contributed by atoms with van der Waals surface area (Å²) in [6.07, 6.45) is 2.81. The quantitative estimate of drug-likeness (QED) is 0.331. The number of nitro benzene ring substituents is 1. The second kappa shape index (κ2) is 9.41. The monoisotopic (exact) mass is 336 g/mol. The molecule has 1 N–H and O–H groups in total. The highest BCUT2D eigenvalue weighted by Crippen LogP contribution is 2.13. The van der Waals surface area contributed by atoms with E-state index < -0.39 is 16.8 Å². The minimum atomic E-state index is -0.515. The lowest BCUT2D eigenvalue weighted by Gasteiger charge is -2.22. The zero-order chi connectivity index (χ0) is 18.1. The molecule has 0 aliphatic rings. The van der Waals surface area contributed by atoms with Gasteiger partial charge in [0.25, 0.3) is 5.69 Å². The molecular weight excluding hydrogens is 316 g/mol. The van der Waals surface area contributed by atoms with Crippen molar-refractivity contribution in [3.8, 4) is 0 Å². The van der Waals surface area contributed by atoms with Crippen LogP contribution >= 0.6 is 0 Å². The molecular formula is C16H20N2O6. The molecule has 0 saturated carbocycles. The van der Waals surface area contributed by atoms with Crippen molar-refractivity contribution in [1.29, 1.82) is 0 Å². The van der Waals surface area contributed by atoms with Crippen molar-refractivity contribution in [2.75, 3.05) is 26.8 Å². The van der Waals surface area contributed by atoms with Crippen molar-refractivity contribution in [1.82, 2.24) is 4.90 Å². The van der Waals surface area contributed by atoms with Crippen LogP contribution in [0.5, 0.6) is 0 Å². The lowest BCUT2D eigenvalue weighted by Crippen LogP contribution is -2.38. The van der Waals surface area contributed by atoms with Gasteiger partial charge in [0.1, 0.15) is 0 Å². The zero-order valence-electron chi connectivity index (χ0n) is 13.5. The number of methoxy groups -OCH3 is 1. The summed E-state index contributed by atoms with van der Waals surface area (Å²) in [7, 11) is 1.27. The van der Waals surface area contributed by atoms with Crippen LogP contribution in [0.4, 0.5) is 5.69 Å². The number of esters is 1. The van der Waals surface area contributed by atoms with Gasteiger partial charge in [0.2, 0.25) is 5.91 Å². The van der Waals surface area contributed by atoms with Gasteiger partial charge < -0.3 is 14.7 Å². The number of nitrogens with zero attached hydrogens (tertiary/aromatic N) is 2. The Morgan fingerprint density at radius 1 is 1.38 bits per heavy atom. The van der Waals surface area contributed by atoms with E-state index in [1.807, 2.05) is 0 Å². The molecule has 1 amide bonds. The maximum absolute atomic E-state index is 12.2. The Morgan fingerprint density at radius 2 is 2.00 bits per heavy atom. The number of ether oxygens (including phenoxy) is 1. The molecule has 0 aliphatic heterocycles. The summed E-state index contributed by atoms with van der Waals surface area (Å²) in [6.45, 7) is 1.61. The summed E-state index contributed by atoms with van der Waals surface area (Å²) in [6, 6.07) is 5.73. The highest BCUT2D eigenvalue weighted by atomic mass is 16.6. The smallest absolute Gasteiger partial charge is 0.310 e. The van der Waals surface area contributed by atoms with Gasteiger partial charge >= 0.3 is 5.97 Å². The first-order chi connectivity index (χ1) is 11.4. The van der Waals surface area contributed by atoms with Crippen molar-refractivity contribution in [2.24, 2.45) is 5.92 Å². The van der Waals surface area contributed by atoms with Gasteiger partial charge in [0, 0.05) is 31.3 Å². The lowest BCUT2D eigenvalue weighted by atomic mass is 10.1. The van der Waals surface area contributed by atoms with Gasteiger partial charge in [-0.3, -0.25) is 19.7 Å². The van der Waals surface area contributed by atoms with Crippen LogP contribution in [0.2, 0.25) is 0 Å². The summed E-state index contributed by atoms with van der Waals surface area (Å²) in [4.78, 5) is 35.1. The first-order valence-electron chi connectivity index (χ1n) is 7.29. The van der Waals surface area contributed by atoms with E-state index in [9.17, 15) is 19.7 Å². The number of hydrogen-bond donors (Lipinski definition) is 1. The third-order valence-corrected chi connectivity index (χ3v) is 3.30. The van der Waals surface area contributed by atoms with Crippen LogP contribution in [0.3, 0.4) is 0 Å². The van der Waals surface area contributed by atoms with Crippen molar-refractivity contribution < 1.29 is 24.4 Å². The number of rotatable bonds is 8. The summed E-state index contributed by atoms with van der Waals surface area (Å²) in [5.41, 5.74) is 0.589. The Kier molecular flexibility index (Phi) is 7.57. The van der Waals surface area contributed by atoms with Crippen molar-refractivity contribution in [3.63, 3.8) is 0 Å². The molecule has 0 saturated heterocycles. The zero-order valence-corrected chi connectivity index (χ0v) is 13.5. The first-order valence-corrected chi connectivity index (χ1v) is 7.29. The van der Waals surface area contributed by atoms with E-state index in [2.05, 4.69) is 4.74 Å². The molecule has 0 bridgehead atoms. The number of nitro groups is 1. The summed E-state index contributed by atoms with van der Waals surface area (Å²) >= 11 is 0. The predicted octanol–water partition coefficient (Wildman–Crippen LogP) is 1.24. The Balaban J connectivity index is 2.76. The van der Waals surface area contributed by atoms with E-state index in [0.717, 1.165) is 0 Å². The number of carbonyl (C=O) groups excluding carboxylic acids is 2. The van der Waals surface area contributed by atoms with Gasteiger partial charge in [-0.2, -0.15) is 0 Å². The predicted molar refractivity (Wildman–Crippen MR) is 87.0 cm³/mol. The standard InChI is InChI=1S/C16H20N2O6/c1-12(16(21)24-2)11-17(9-10-19)15(20)8-5-13-3-6-14(7-4-13)18(22)23/h3-8,12,19H,9-11H2,1-2H3/b8-5+. The third-order valence-electron chi connectivity index (χ3n) is 3.30. The fraction of sp³-hybridized carbons (Fsp3) is 0.375. The van der Waals surface area contributed by atoms with E-state index in [-0.39, 0.29) is 31.3 Å². The molecule has 1 rings (SSSR count). The Hall–Kier alpha value is -2.74. The van der Waals surface area contributed by atoms with Crippen molar-refractivity contribution in [2.45, 2.75) is 6.92 Å². The summed E-state index contributed by atoms with van der Waals surface area (Å²) in [5, 5.41) is 19.7. The minimum absolute atomic E-state index is 0.0349. The van der Waals surface area contributed by atoms with Crippen LogP contribution in [0.1, 0.15) is 12.5 Å². The third kappa shape index (κ3) is 5.81. The molecule has 0 fully saturated rings. The van der Waals surface area contributed by atoms with Gasteiger partial charge in [-0.1, -0.05) is 6.92 Å². The van der Waals surface area contributed by atoms with Crippen molar-refractivity contribution in [3.05, 3.63) is 46.0 Å². The molecule has 130 valence electrons. The lowest BCUT2D eigenvalue weighted by molar-refractivity contribution is -0.384. The van der Waals surface area contributed by atoms with Crippen LogP contribution in [0, 0.1) is 16.0 Å². The molecule has 24 heavy (non-hydrogen) atoms. The van der Waals surface area contributed by atoms with E-state index in [1.54, 1.807) is 6.92 Å². The minimum Gasteiger partial charge on any atom is -0.469 e. The molecule has 0 aliphatic carbocycles. The molecule has 0 spiro atoms. The van der Waals surface area contributed by atoms with E-state index in [1.165, 1.54) is 48.4 Å². The number of aliphatic hydroxyl groups is 1. The Morgan fingerprint density at radius 3 is 2.50 bits per heavy atom. The topological polar surface area (TPSA) is 110 Å². The van der Waals surface area contributed by atoms with Crippen LogP contribution in [-0.4, -0.2) is 53.6 Å². The average Bonchev–Trinajstić information content (AvgIpc) is 2.58. The number of aliphatic hydroxyl groups excluding tert-OH is 1. The van der Waals surface area contributed by atoms with Crippen LogP contribution in [0.15, 0.2) is 30.3 Å². The average molecular weight is 336 g/mol. The number of carbonyl (C=O) groups is 2. The van der Waals surface area contributed by atoms with Gasteiger partial charge in [0.15, 0.2) is 0 Å². The van der Waals surface area contributed by atoms with Crippen LogP contribution in [0.25, 0.3) is 6.08 Å². The number of hydrogen-bond acceptors (Lipinski definition) is 6. The SMILES string of the molecule is COC(=O)C(C)CN(CCO)C(=O)/C=C/c1ccc([N+](=O)[O-])cc1. The highest BCUT2D eigenvalue weighted by molar-refractivity contribution is 5.92. The summed E-state index contributed by atoms with van der Waals surface area (Å²) < 4.78 is 4.62. The Labute approximate surface area is 139 Å². The molecule has 0 heterocycles. The maximum atomic E-state index is 12.2. The number of non-ortho nitro benzene ring substituents is 1. The molecule has 1 aromatic carbocycles. The molecule has 1 unspecified atom stereocenters. The molecule has 0 aromatic heterocycles. The van der Waals surface area contributed by atoms with E-state index in [0.29, 0.717) is 5.56 Å². The van der Waals surface area contributed by atoms with Gasteiger partial charge in [-0.15, -0.1) is 0 Å². The highest BCUT2D eigenvalue weighted by Gasteiger charge is 2.19. The molecule has 8 nitrogen and oxygen atoms in total. The Bertz CT molecular complexity index is 611. The van der Waals surface area contributed by atoms with Gasteiger partial charge in [-0.25, -0.2) is 0 Å². The van der Waals surface area contributed by atoms with Crippen molar-refractivity contribution >= 4 is 23.6 Å². The number of benzene rings is 1. The second-order valence-corrected chi connectivity index (χ2v) is 5.11. The summed E-state index contributed by atoms with van der Waals surface area (Å²) in [5.74, 6) is -1.33. The normalized spacial score (nSPS) is 12.0. The second-order valence-electron chi connectivity index (χ2n) is 5.11. The van der Waals surface area contributed by atoms with Gasteiger partial charge in [-0.05, 0) is 23.8 Å². The maximum Gasteiger partial charge on any atom is 0.310 e. The fourth-order valence-corrected chi connectivity index (χ4v) is 2.00. The van der Waals surface area contributed by atoms with Gasteiger partial charge in [0.05, 0.1) is 24.6 Å². The molecule has 8 heteroatoms.